The van der Waals surface area contributed by atoms with Gasteiger partial charge in [-0.25, -0.2) is 4.68 Å². The van der Waals surface area contributed by atoms with E-state index in [2.05, 4.69) is 15.6 Å². The maximum atomic E-state index is 10.7. The highest BCUT2D eigenvalue weighted by Crippen LogP contribution is 2.12. The number of amides is 1. The molecule has 1 aliphatic heterocycles. The van der Waals surface area contributed by atoms with Gasteiger partial charge in [-0.2, -0.15) is 0 Å². The summed E-state index contributed by atoms with van der Waals surface area (Å²) in [5, 5.41) is 10.7. The van der Waals surface area contributed by atoms with Gasteiger partial charge in [0.2, 0.25) is 0 Å². The SMILES string of the molecule is NC(=O)c1cn([C@@H]2CCNC2)nn1. The highest BCUT2D eigenvalue weighted by molar-refractivity contribution is 5.90. The number of nitrogens with two attached hydrogens (primary N) is 1. The Balaban J connectivity index is 2.16. The van der Waals surface area contributed by atoms with Crippen molar-refractivity contribution in [2.45, 2.75) is 12.5 Å². The highest BCUT2D eigenvalue weighted by Gasteiger charge is 2.18. The number of nitrogens with one attached hydrogen (secondary N) is 1. The number of hydrogen-bond donors (Lipinski definition) is 2. The Bertz CT molecular complexity index is 314. The summed E-state index contributed by atoms with van der Waals surface area (Å²) in [6.45, 7) is 1.86. The number of aromatic nitrogens is 3. The summed E-state index contributed by atoms with van der Waals surface area (Å²) in [6.07, 6.45) is 2.61. The van der Waals surface area contributed by atoms with Crippen molar-refractivity contribution in [3.05, 3.63) is 11.9 Å². The van der Waals surface area contributed by atoms with Gasteiger partial charge in [0.15, 0.2) is 5.69 Å². The molecule has 1 saturated heterocycles. The zero-order valence-electron chi connectivity index (χ0n) is 7.10. The van der Waals surface area contributed by atoms with E-state index in [1.54, 1.807) is 10.9 Å². The lowest BCUT2D eigenvalue weighted by molar-refractivity contribution is 0.0995. The molecule has 1 fully saturated rings. The lowest BCUT2D eigenvalue weighted by Gasteiger charge is -2.05. The number of carbonyl (C=O) groups excluding carboxylic acids is 1. The van der Waals surface area contributed by atoms with E-state index in [0.717, 1.165) is 19.5 Å². The average Bonchev–Trinajstić information content (AvgIpc) is 2.75. The van der Waals surface area contributed by atoms with Crippen LogP contribution in [0.25, 0.3) is 0 Å². The third-order valence-electron chi connectivity index (χ3n) is 2.17. The molecule has 1 atom stereocenters. The minimum absolute atomic E-state index is 0.229. The molecule has 6 heteroatoms. The largest absolute Gasteiger partial charge is 0.364 e. The first kappa shape index (κ1) is 8.18. The van der Waals surface area contributed by atoms with Crippen molar-refractivity contribution < 1.29 is 4.79 Å². The number of nitrogens with zero attached hydrogens (tertiary/aromatic N) is 3. The molecular formula is C7H11N5O. The Morgan fingerprint density at radius 3 is 3.15 bits per heavy atom. The number of hydrogen-bond acceptors (Lipinski definition) is 4. The lowest BCUT2D eigenvalue weighted by Crippen LogP contribution is -2.14. The molecule has 2 rings (SSSR count). The van der Waals surface area contributed by atoms with Crippen LogP contribution in [0.2, 0.25) is 0 Å². The summed E-state index contributed by atoms with van der Waals surface area (Å²) in [6, 6.07) is 0.306. The fraction of sp³-hybridized carbons (Fsp3) is 0.571. The molecule has 1 aromatic heterocycles. The maximum absolute atomic E-state index is 10.7. The minimum atomic E-state index is -0.530. The second kappa shape index (κ2) is 3.14. The smallest absolute Gasteiger partial charge is 0.270 e. The van der Waals surface area contributed by atoms with Gasteiger partial charge in [0.05, 0.1) is 12.2 Å². The van der Waals surface area contributed by atoms with Gasteiger partial charge in [0.25, 0.3) is 5.91 Å². The molecule has 1 aliphatic rings. The quantitative estimate of drug-likeness (QED) is 0.607. The van der Waals surface area contributed by atoms with E-state index >= 15 is 0 Å². The van der Waals surface area contributed by atoms with Gasteiger partial charge in [-0.15, -0.1) is 5.10 Å². The predicted octanol–water partition coefficient (Wildman–Crippen LogP) is -1.09. The third-order valence-corrected chi connectivity index (χ3v) is 2.17. The fourth-order valence-corrected chi connectivity index (χ4v) is 1.43. The van der Waals surface area contributed by atoms with Gasteiger partial charge in [0.1, 0.15) is 0 Å². The molecule has 0 aromatic carbocycles. The highest BCUT2D eigenvalue weighted by atomic mass is 16.1. The van der Waals surface area contributed by atoms with E-state index in [-0.39, 0.29) is 5.69 Å². The van der Waals surface area contributed by atoms with Crippen LogP contribution in [0.4, 0.5) is 0 Å². The van der Waals surface area contributed by atoms with Gasteiger partial charge in [-0.1, -0.05) is 5.21 Å². The maximum Gasteiger partial charge on any atom is 0.270 e. The standard InChI is InChI=1S/C7H11N5O/c8-7(13)6-4-12(11-10-6)5-1-2-9-3-5/h4-5,9H,1-3H2,(H2,8,13)/t5-/m1/s1. The molecule has 0 spiro atoms. The minimum Gasteiger partial charge on any atom is -0.364 e. The summed E-state index contributed by atoms with van der Waals surface area (Å²) >= 11 is 0. The van der Waals surface area contributed by atoms with Crippen LogP contribution in [0.15, 0.2) is 6.20 Å². The van der Waals surface area contributed by atoms with Crippen LogP contribution < -0.4 is 11.1 Å². The molecule has 0 aliphatic carbocycles. The van der Waals surface area contributed by atoms with Gasteiger partial charge < -0.3 is 11.1 Å². The second-order valence-electron chi connectivity index (χ2n) is 3.09. The summed E-state index contributed by atoms with van der Waals surface area (Å²) in [5.74, 6) is -0.530. The lowest BCUT2D eigenvalue weighted by atomic mass is 10.3. The van der Waals surface area contributed by atoms with E-state index in [0.29, 0.717) is 6.04 Å². The topological polar surface area (TPSA) is 85.8 Å². The molecule has 13 heavy (non-hydrogen) atoms. The molecule has 0 bridgehead atoms. The van der Waals surface area contributed by atoms with Gasteiger partial charge in [-0.3, -0.25) is 4.79 Å². The van der Waals surface area contributed by atoms with Crippen LogP contribution in [0.5, 0.6) is 0 Å². The molecule has 3 N–H and O–H groups in total. The van der Waals surface area contributed by atoms with Crippen LogP contribution >= 0.6 is 0 Å². The van der Waals surface area contributed by atoms with E-state index in [1.165, 1.54) is 0 Å². The van der Waals surface area contributed by atoms with Gasteiger partial charge >= 0.3 is 0 Å². The summed E-state index contributed by atoms with van der Waals surface area (Å²) in [7, 11) is 0. The zero-order chi connectivity index (χ0) is 9.26. The third kappa shape index (κ3) is 1.52. The molecule has 1 amide bonds. The Hall–Kier alpha value is -1.43. The Morgan fingerprint density at radius 2 is 2.62 bits per heavy atom. The van der Waals surface area contributed by atoms with E-state index < -0.39 is 5.91 Å². The molecule has 2 heterocycles. The summed E-state index contributed by atoms with van der Waals surface area (Å²) in [4.78, 5) is 10.7. The van der Waals surface area contributed by atoms with E-state index in [4.69, 9.17) is 5.73 Å². The van der Waals surface area contributed by atoms with Crippen LogP contribution in [-0.4, -0.2) is 34.0 Å². The fourth-order valence-electron chi connectivity index (χ4n) is 1.43. The van der Waals surface area contributed by atoms with E-state index in [9.17, 15) is 4.79 Å². The van der Waals surface area contributed by atoms with Crippen molar-refractivity contribution in [2.75, 3.05) is 13.1 Å². The molecule has 70 valence electrons. The average molecular weight is 181 g/mol. The Labute approximate surface area is 75.1 Å². The first-order valence-electron chi connectivity index (χ1n) is 4.20. The summed E-state index contributed by atoms with van der Waals surface area (Å²) in [5.41, 5.74) is 5.28. The van der Waals surface area contributed by atoms with Crippen molar-refractivity contribution in [2.24, 2.45) is 5.73 Å². The van der Waals surface area contributed by atoms with Crippen LogP contribution in [0.3, 0.4) is 0 Å². The molecule has 0 unspecified atom stereocenters. The molecule has 6 nitrogen and oxygen atoms in total. The second-order valence-corrected chi connectivity index (χ2v) is 3.09. The van der Waals surface area contributed by atoms with Gasteiger partial charge in [0, 0.05) is 6.54 Å². The Morgan fingerprint density at radius 1 is 1.77 bits per heavy atom. The molecule has 0 saturated carbocycles. The van der Waals surface area contributed by atoms with Crippen molar-refractivity contribution in [1.29, 1.82) is 0 Å². The normalized spacial score (nSPS) is 22.0. The predicted molar refractivity (Wildman–Crippen MR) is 45.1 cm³/mol. The first-order valence-corrected chi connectivity index (χ1v) is 4.20. The van der Waals surface area contributed by atoms with Crippen molar-refractivity contribution in [3.63, 3.8) is 0 Å². The van der Waals surface area contributed by atoms with E-state index in [1.807, 2.05) is 0 Å². The van der Waals surface area contributed by atoms with Crippen molar-refractivity contribution >= 4 is 5.91 Å². The number of carbonyl (C=O) groups is 1. The number of rotatable bonds is 2. The zero-order valence-corrected chi connectivity index (χ0v) is 7.10. The first-order chi connectivity index (χ1) is 6.27. The molecular weight excluding hydrogens is 170 g/mol. The van der Waals surface area contributed by atoms with Crippen molar-refractivity contribution in [3.8, 4) is 0 Å². The van der Waals surface area contributed by atoms with Crippen molar-refractivity contribution in [1.82, 2.24) is 20.3 Å². The monoisotopic (exact) mass is 181 g/mol. The van der Waals surface area contributed by atoms with Gasteiger partial charge in [-0.05, 0) is 13.0 Å². The molecule has 0 radical (unpaired) electrons. The Kier molecular flexibility index (Phi) is 1.97. The van der Waals surface area contributed by atoms with Crippen LogP contribution in [-0.2, 0) is 0 Å². The number of primary amides is 1. The molecule has 1 aromatic rings. The van der Waals surface area contributed by atoms with Crippen LogP contribution in [0.1, 0.15) is 23.0 Å². The van der Waals surface area contributed by atoms with Crippen LogP contribution in [0, 0.1) is 0 Å². The summed E-state index contributed by atoms with van der Waals surface area (Å²) < 4.78 is 1.69.